The zero-order chi connectivity index (χ0) is 20.1. The molecule has 2 N–H and O–H groups in total. The van der Waals surface area contributed by atoms with Crippen LogP contribution in [0, 0.1) is 23.7 Å². The van der Waals surface area contributed by atoms with Gasteiger partial charge >= 0.3 is 0 Å². The molecule has 0 radical (unpaired) electrons. The average Bonchev–Trinajstić information content (AvgIpc) is 3.00. The zero-order valence-electron chi connectivity index (χ0n) is 15.9. The van der Waals surface area contributed by atoms with Crippen LogP contribution < -0.4 is 5.32 Å². The molecule has 1 aliphatic rings. The molecule has 1 aromatic heterocycles. The van der Waals surface area contributed by atoms with Crippen molar-refractivity contribution in [2.75, 3.05) is 7.05 Å². The second-order valence-corrected chi connectivity index (χ2v) is 7.30. The van der Waals surface area contributed by atoms with Crippen LogP contribution in [0.15, 0.2) is 42.5 Å². The van der Waals surface area contributed by atoms with Crippen LogP contribution in [0.5, 0.6) is 0 Å². The van der Waals surface area contributed by atoms with Gasteiger partial charge in [-0.3, -0.25) is 19.7 Å². The number of imidazole rings is 1. The fourth-order valence-corrected chi connectivity index (χ4v) is 3.69. The van der Waals surface area contributed by atoms with Crippen LogP contribution in [0.3, 0.4) is 0 Å². The molecule has 0 bridgehead atoms. The first-order valence-electron chi connectivity index (χ1n) is 8.96. The van der Waals surface area contributed by atoms with Crippen molar-refractivity contribution in [2.45, 2.75) is 25.8 Å². The van der Waals surface area contributed by atoms with E-state index in [1.54, 1.807) is 19.2 Å². The van der Waals surface area contributed by atoms with Crippen molar-refractivity contribution in [3.8, 4) is 11.8 Å². The van der Waals surface area contributed by atoms with Crippen LogP contribution in [0.2, 0.25) is 0 Å². The number of nitrogens with zero attached hydrogens (tertiary/aromatic N) is 4. The maximum absolute atomic E-state index is 12.3. The number of nitriles is 1. The minimum absolute atomic E-state index is 0.0926. The number of fused-ring (bicyclic) bond motifs is 1. The largest absolute Gasteiger partial charge is 0.346 e. The third-order valence-corrected chi connectivity index (χ3v) is 5.30. The number of rotatable bonds is 2. The number of nitrogens with one attached hydrogen (secondary N) is 2. The van der Waals surface area contributed by atoms with E-state index in [0.29, 0.717) is 5.56 Å². The number of hydrogen-bond donors (Lipinski definition) is 2. The molecule has 1 amide bonds. The summed E-state index contributed by atoms with van der Waals surface area (Å²) in [6.07, 6.45) is 0.268. The smallest absolute Gasteiger partial charge is 0.231 e. The fourth-order valence-electron chi connectivity index (χ4n) is 3.69. The predicted octanol–water partition coefficient (Wildman–Crippen LogP) is 2.81. The van der Waals surface area contributed by atoms with Gasteiger partial charge in [-0.1, -0.05) is 12.1 Å². The first-order chi connectivity index (χ1) is 13.3. The van der Waals surface area contributed by atoms with Crippen molar-refractivity contribution < 1.29 is 4.79 Å². The van der Waals surface area contributed by atoms with Crippen LogP contribution in [-0.4, -0.2) is 33.4 Å². The zero-order valence-corrected chi connectivity index (χ0v) is 15.9. The Morgan fingerprint density at radius 1 is 1.29 bits per heavy atom. The van der Waals surface area contributed by atoms with Crippen molar-refractivity contribution in [3.05, 3.63) is 59.4 Å². The summed E-state index contributed by atoms with van der Waals surface area (Å²) < 4.78 is 2.03. The highest BCUT2D eigenvalue weighted by Crippen LogP contribution is 2.31. The van der Waals surface area contributed by atoms with E-state index in [1.807, 2.05) is 48.7 Å². The Bertz CT molecular complexity index is 1150. The van der Waals surface area contributed by atoms with E-state index in [1.165, 1.54) is 4.90 Å². The van der Waals surface area contributed by atoms with Gasteiger partial charge in [0.25, 0.3) is 0 Å². The Kier molecular flexibility index (Phi) is 3.93. The predicted molar refractivity (Wildman–Crippen MR) is 106 cm³/mol. The van der Waals surface area contributed by atoms with Gasteiger partial charge in [0.2, 0.25) is 5.91 Å². The number of guanidine groups is 1. The topological polar surface area (TPSA) is 97.8 Å². The number of hydrogen-bond acceptors (Lipinski definition) is 4. The SMILES string of the molecule is Cc1nc2cc(C#N)ccc2n1-c1cccc([C@]2(C)CC(=O)N(C)C(=N)N2)c1. The van der Waals surface area contributed by atoms with Gasteiger partial charge in [-0.2, -0.15) is 5.26 Å². The van der Waals surface area contributed by atoms with Crippen LogP contribution in [0.25, 0.3) is 16.7 Å². The van der Waals surface area contributed by atoms with Gasteiger partial charge < -0.3 is 5.32 Å². The molecule has 0 saturated carbocycles. The number of aryl methyl sites for hydroxylation is 1. The highest BCUT2D eigenvalue weighted by atomic mass is 16.2. The molecule has 7 nitrogen and oxygen atoms in total. The maximum atomic E-state index is 12.3. The number of carbonyl (C=O) groups excluding carboxylic acids is 1. The lowest BCUT2D eigenvalue weighted by Gasteiger charge is -2.39. The minimum Gasteiger partial charge on any atom is -0.346 e. The monoisotopic (exact) mass is 372 g/mol. The van der Waals surface area contributed by atoms with Gasteiger partial charge in [0.1, 0.15) is 5.82 Å². The van der Waals surface area contributed by atoms with Crippen LogP contribution in [0.4, 0.5) is 0 Å². The molecule has 2 heterocycles. The first kappa shape index (κ1) is 17.7. The molecule has 1 aliphatic heterocycles. The second-order valence-electron chi connectivity index (χ2n) is 7.30. The van der Waals surface area contributed by atoms with Gasteiger partial charge in [-0.05, 0) is 49.7 Å². The number of aromatic nitrogens is 2. The van der Waals surface area contributed by atoms with Crippen LogP contribution in [-0.2, 0) is 10.3 Å². The molecule has 28 heavy (non-hydrogen) atoms. The van der Waals surface area contributed by atoms with E-state index in [0.717, 1.165) is 28.1 Å². The third-order valence-electron chi connectivity index (χ3n) is 5.30. The summed E-state index contributed by atoms with van der Waals surface area (Å²) in [6, 6.07) is 15.5. The summed E-state index contributed by atoms with van der Waals surface area (Å²) in [6.45, 7) is 3.86. The summed E-state index contributed by atoms with van der Waals surface area (Å²) in [5, 5.41) is 20.3. The van der Waals surface area contributed by atoms with Gasteiger partial charge in [0.05, 0.1) is 34.6 Å². The minimum atomic E-state index is -0.658. The molecule has 1 atom stereocenters. The molecule has 7 heteroatoms. The molecular weight excluding hydrogens is 352 g/mol. The molecule has 140 valence electrons. The lowest BCUT2D eigenvalue weighted by atomic mass is 9.86. The van der Waals surface area contributed by atoms with E-state index in [9.17, 15) is 4.79 Å². The van der Waals surface area contributed by atoms with E-state index >= 15 is 0 Å². The van der Waals surface area contributed by atoms with E-state index in [2.05, 4.69) is 16.4 Å². The summed E-state index contributed by atoms with van der Waals surface area (Å²) in [7, 11) is 1.60. The highest BCUT2D eigenvalue weighted by Gasteiger charge is 2.38. The lowest BCUT2D eigenvalue weighted by molar-refractivity contribution is -0.129. The summed E-state index contributed by atoms with van der Waals surface area (Å²) in [5.41, 5.74) is 3.44. The molecular formula is C21H20N6O. The maximum Gasteiger partial charge on any atom is 0.231 e. The normalized spacial score (nSPS) is 19.6. The number of amides is 1. The van der Waals surface area contributed by atoms with Crippen LogP contribution in [0.1, 0.15) is 30.3 Å². The molecule has 4 rings (SSSR count). The Morgan fingerprint density at radius 3 is 2.79 bits per heavy atom. The first-order valence-corrected chi connectivity index (χ1v) is 8.96. The third kappa shape index (κ3) is 2.70. The van der Waals surface area contributed by atoms with Gasteiger partial charge in [0.15, 0.2) is 5.96 Å². The molecule has 1 saturated heterocycles. The summed E-state index contributed by atoms with van der Waals surface area (Å²) in [4.78, 5) is 18.2. The lowest BCUT2D eigenvalue weighted by Crippen LogP contribution is -2.58. The molecule has 0 spiro atoms. The van der Waals surface area contributed by atoms with E-state index in [-0.39, 0.29) is 18.3 Å². The molecule has 3 aromatic rings. The molecule has 1 fully saturated rings. The summed E-state index contributed by atoms with van der Waals surface area (Å²) >= 11 is 0. The Hall–Kier alpha value is -3.66. The summed E-state index contributed by atoms with van der Waals surface area (Å²) in [5.74, 6) is 0.815. The van der Waals surface area contributed by atoms with Gasteiger partial charge in [0, 0.05) is 12.7 Å². The van der Waals surface area contributed by atoms with Crippen molar-refractivity contribution in [1.29, 1.82) is 10.7 Å². The Morgan fingerprint density at radius 2 is 2.07 bits per heavy atom. The fraction of sp³-hybridized carbons (Fsp3) is 0.238. The Balaban J connectivity index is 1.81. The average molecular weight is 372 g/mol. The number of carbonyl (C=O) groups is 1. The standard InChI is InChI=1S/C21H20N6O/c1-13-24-17-9-14(12-22)7-8-18(17)27(13)16-6-4-5-15(10-16)21(2)11-19(28)26(3)20(23)25-21/h4-10H,11H2,1-3H3,(H2,23,25)/t21-/m0/s1. The highest BCUT2D eigenvalue weighted by molar-refractivity contribution is 5.98. The van der Waals surface area contributed by atoms with Crippen LogP contribution >= 0.6 is 0 Å². The van der Waals surface area contributed by atoms with Crippen molar-refractivity contribution in [1.82, 2.24) is 19.8 Å². The number of benzene rings is 2. The molecule has 0 unspecified atom stereocenters. The van der Waals surface area contributed by atoms with Gasteiger partial charge in [-0.25, -0.2) is 4.98 Å². The Labute approximate surface area is 162 Å². The quantitative estimate of drug-likeness (QED) is 0.723. The van der Waals surface area contributed by atoms with E-state index in [4.69, 9.17) is 10.7 Å². The second kappa shape index (κ2) is 6.20. The molecule has 2 aromatic carbocycles. The van der Waals surface area contributed by atoms with Crippen molar-refractivity contribution >= 4 is 22.9 Å². The van der Waals surface area contributed by atoms with Gasteiger partial charge in [-0.15, -0.1) is 0 Å². The van der Waals surface area contributed by atoms with E-state index < -0.39 is 5.54 Å². The van der Waals surface area contributed by atoms with Crippen molar-refractivity contribution in [3.63, 3.8) is 0 Å². The molecule has 0 aliphatic carbocycles. The van der Waals surface area contributed by atoms with Crippen molar-refractivity contribution in [2.24, 2.45) is 0 Å².